The maximum absolute atomic E-state index is 15.3. The van der Waals surface area contributed by atoms with Crippen molar-refractivity contribution in [2.75, 3.05) is 11.6 Å². The second-order valence-electron chi connectivity index (χ2n) is 10.6. The van der Waals surface area contributed by atoms with Crippen LogP contribution in [-0.4, -0.2) is 33.8 Å². The number of hydrogen-bond acceptors (Lipinski definition) is 5. The molecule has 0 saturated carbocycles. The molecule has 0 radical (unpaired) electrons. The van der Waals surface area contributed by atoms with Crippen molar-refractivity contribution in [3.8, 4) is 22.4 Å². The first-order valence-electron chi connectivity index (χ1n) is 12.9. The van der Waals surface area contributed by atoms with Crippen LogP contribution in [0.25, 0.3) is 44.2 Å². The number of benzene rings is 3. The Balaban J connectivity index is 0.000000253. The van der Waals surface area contributed by atoms with Gasteiger partial charge >= 0.3 is 0 Å². The molecule has 0 fully saturated rings. The summed E-state index contributed by atoms with van der Waals surface area (Å²) in [5, 5.41) is 12.1. The molecular weight excluding hydrogens is 544 g/mol. The summed E-state index contributed by atoms with van der Waals surface area (Å²) in [5.41, 5.74) is 4.95. The van der Waals surface area contributed by atoms with Gasteiger partial charge < -0.3 is 5.32 Å². The third-order valence-corrected chi connectivity index (χ3v) is 8.47. The number of aromatic amines is 1. The van der Waals surface area contributed by atoms with Gasteiger partial charge in [0.25, 0.3) is 0 Å². The highest BCUT2D eigenvalue weighted by Gasteiger charge is 2.35. The summed E-state index contributed by atoms with van der Waals surface area (Å²) in [6.07, 6.45) is 5.95. The molecule has 1 aliphatic rings. The zero-order valence-corrected chi connectivity index (χ0v) is 23.6. The second kappa shape index (κ2) is 9.52. The number of fused-ring (bicyclic) bond motifs is 5. The van der Waals surface area contributed by atoms with Gasteiger partial charge in [-0.3, -0.25) is 10.1 Å². The Bertz CT molecular complexity index is 2010. The molecule has 4 heterocycles. The predicted molar refractivity (Wildman–Crippen MR) is 158 cm³/mol. The standard InChI is InChI=1S/C22H20F2N4O2S.C9H7N/c1-11-14(15-7-12(23)8-18-13(15)5-6-28(18)31(4,29)30)9-17(24)21-19(11)20-16(10-25-27-20)22(2,3)26-21;1-2-6-9-8(4-1)5-3-7-10-9/h5-10,26H,1-4H3,(H,25,27);1-7H. The number of nitrogens with zero attached hydrogens (tertiary/aromatic N) is 3. The highest BCUT2D eigenvalue weighted by Crippen LogP contribution is 2.48. The van der Waals surface area contributed by atoms with Crippen molar-refractivity contribution in [1.82, 2.24) is 19.2 Å². The van der Waals surface area contributed by atoms with Gasteiger partial charge in [-0.15, -0.1) is 0 Å². The zero-order valence-electron chi connectivity index (χ0n) is 22.8. The van der Waals surface area contributed by atoms with Crippen LogP contribution in [0.5, 0.6) is 0 Å². The zero-order chi connectivity index (χ0) is 29.1. The number of pyridine rings is 1. The predicted octanol–water partition coefficient (Wildman–Crippen LogP) is 6.99. The first kappa shape index (κ1) is 26.6. The van der Waals surface area contributed by atoms with Crippen LogP contribution in [0.1, 0.15) is 25.0 Å². The Kier molecular flexibility index (Phi) is 6.18. The van der Waals surface area contributed by atoms with E-state index in [2.05, 4.69) is 32.6 Å². The van der Waals surface area contributed by atoms with E-state index in [9.17, 15) is 12.8 Å². The summed E-state index contributed by atoms with van der Waals surface area (Å²) in [6.45, 7) is 5.72. The molecule has 6 aromatic rings. The third kappa shape index (κ3) is 4.54. The lowest BCUT2D eigenvalue weighted by Crippen LogP contribution is -2.32. The lowest BCUT2D eigenvalue weighted by Gasteiger charge is -2.35. The molecule has 3 aromatic heterocycles. The van der Waals surface area contributed by atoms with Crippen LogP contribution in [0.15, 0.2) is 79.3 Å². The minimum atomic E-state index is -3.63. The van der Waals surface area contributed by atoms with Gasteiger partial charge in [-0.1, -0.05) is 24.3 Å². The van der Waals surface area contributed by atoms with Gasteiger partial charge in [0.15, 0.2) is 0 Å². The number of para-hydroxylation sites is 1. The van der Waals surface area contributed by atoms with E-state index in [1.807, 2.05) is 51.2 Å². The Morgan fingerprint density at radius 2 is 1.73 bits per heavy atom. The minimum Gasteiger partial charge on any atom is -0.373 e. The fourth-order valence-corrected chi connectivity index (χ4v) is 6.30. The molecular formula is C31H27F2N5O2S. The summed E-state index contributed by atoms with van der Waals surface area (Å²) in [5.74, 6) is -1.09. The van der Waals surface area contributed by atoms with Crippen molar-refractivity contribution in [1.29, 1.82) is 0 Å². The maximum atomic E-state index is 15.3. The molecule has 0 amide bonds. The Hall–Kier alpha value is -4.57. The van der Waals surface area contributed by atoms with Crippen LogP contribution < -0.4 is 5.32 Å². The topological polar surface area (TPSA) is 92.7 Å². The van der Waals surface area contributed by atoms with E-state index in [0.29, 0.717) is 33.5 Å². The van der Waals surface area contributed by atoms with Gasteiger partial charge in [0.1, 0.15) is 11.6 Å². The SMILES string of the molecule is Cc1c(-c2cc(F)cc3c2ccn3S(C)(=O)=O)cc(F)c2c1-c1[nH]ncc1C(C)(C)N2.c1ccc2ncccc2c1. The first-order valence-corrected chi connectivity index (χ1v) is 14.8. The number of hydrogen-bond donors (Lipinski definition) is 2. The minimum absolute atomic E-state index is 0.205. The van der Waals surface area contributed by atoms with Crippen molar-refractivity contribution in [3.05, 3.63) is 102 Å². The maximum Gasteiger partial charge on any atom is 0.236 e. The van der Waals surface area contributed by atoms with Crippen molar-refractivity contribution < 1.29 is 17.2 Å². The molecule has 41 heavy (non-hydrogen) atoms. The van der Waals surface area contributed by atoms with Gasteiger partial charge in [-0.2, -0.15) is 5.10 Å². The van der Waals surface area contributed by atoms with Gasteiger partial charge in [0, 0.05) is 34.3 Å². The van der Waals surface area contributed by atoms with Crippen molar-refractivity contribution in [3.63, 3.8) is 0 Å². The summed E-state index contributed by atoms with van der Waals surface area (Å²) in [6, 6.07) is 17.5. The normalized spacial score (nSPS) is 13.7. The fraction of sp³-hybridized carbons (Fsp3) is 0.161. The number of nitrogens with one attached hydrogen (secondary N) is 2. The first-order chi connectivity index (χ1) is 19.5. The van der Waals surface area contributed by atoms with E-state index in [-0.39, 0.29) is 5.52 Å². The lowest BCUT2D eigenvalue weighted by atomic mass is 9.83. The summed E-state index contributed by atoms with van der Waals surface area (Å²) in [7, 11) is -3.63. The van der Waals surface area contributed by atoms with Gasteiger partial charge in [0.05, 0.1) is 40.4 Å². The monoisotopic (exact) mass is 571 g/mol. The van der Waals surface area contributed by atoms with Crippen molar-refractivity contribution in [2.45, 2.75) is 26.3 Å². The Labute approximate surface area is 235 Å². The van der Waals surface area contributed by atoms with Gasteiger partial charge in [-0.05, 0) is 73.9 Å². The van der Waals surface area contributed by atoms with Crippen LogP contribution in [0.3, 0.4) is 0 Å². The molecule has 7 nitrogen and oxygen atoms in total. The summed E-state index contributed by atoms with van der Waals surface area (Å²) < 4.78 is 55.1. The van der Waals surface area contributed by atoms with Gasteiger partial charge in [0.2, 0.25) is 10.0 Å². The highest BCUT2D eigenvalue weighted by molar-refractivity contribution is 7.89. The van der Waals surface area contributed by atoms with Crippen LogP contribution in [0.2, 0.25) is 0 Å². The number of rotatable bonds is 2. The molecule has 7 rings (SSSR count). The molecule has 0 atom stereocenters. The number of halogens is 2. The quantitative estimate of drug-likeness (QED) is 0.234. The third-order valence-electron chi connectivity index (χ3n) is 7.44. The van der Waals surface area contributed by atoms with E-state index < -0.39 is 27.2 Å². The largest absolute Gasteiger partial charge is 0.373 e. The van der Waals surface area contributed by atoms with Crippen LogP contribution in [0.4, 0.5) is 14.5 Å². The van der Waals surface area contributed by atoms with Crippen LogP contribution in [-0.2, 0) is 15.6 Å². The number of aromatic nitrogens is 4. The molecule has 0 unspecified atom stereocenters. The van der Waals surface area contributed by atoms with Crippen LogP contribution in [0, 0.1) is 18.6 Å². The van der Waals surface area contributed by atoms with E-state index in [4.69, 9.17) is 0 Å². The average molecular weight is 572 g/mol. The summed E-state index contributed by atoms with van der Waals surface area (Å²) >= 11 is 0. The molecule has 2 N–H and O–H groups in total. The van der Waals surface area contributed by atoms with E-state index in [1.165, 1.54) is 29.8 Å². The molecule has 0 saturated heterocycles. The molecule has 0 aliphatic carbocycles. The lowest BCUT2D eigenvalue weighted by molar-refractivity contribution is 0.579. The van der Waals surface area contributed by atoms with Gasteiger partial charge in [-0.25, -0.2) is 21.2 Å². The molecule has 0 bridgehead atoms. The Morgan fingerprint density at radius 3 is 2.49 bits per heavy atom. The molecule has 208 valence electrons. The number of anilines is 1. The second-order valence-corrected chi connectivity index (χ2v) is 12.5. The van der Waals surface area contributed by atoms with Crippen LogP contribution >= 0.6 is 0 Å². The van der Waals surface area contributed by atoms with E-state index in [1.54, 1.807) is 12.3 Å². The van der Waals surface area contributed by atoms with Crippen molar-refractivity contribution in [2.24, 2.45) is 0 Å². The highest BCUT2D eigenvalue weighted by atomic mass is 32.2. The van der Waals surface area contributed by atoms with E-state index >= 15 is 4.39 Å². The average Bonchev–Trinajstić information content (AvgIpc) is 3.59. The molecule has 3 aromatic carbocycles. The molecule has 0 spiro atoms. The fourth-order valence-electron chi connectivity index (χ4n) is 5.51. The van der Waals surface area contributed by atoms with Crippen molar-refractivity contribution >= 4 is 37.5 Å². The van der Waals surface area contributed by atoms with E-state index in [0.717, 1.165) is 26.9 Å². The molecule has 1 aliphatic heterocycles. The molecule has 10 heteroatoms. The smallest absolute Gasteiger partial charge is 0.236 e. The summed E-state index contributed by atoms with van der Waals surface area (Å²) in [4.78, 5) is 4.18. The number of H-pyrrole nitrogens is 1. The Morgan fingerprint density at radius 1 is 0.976 bits per heavy atom.